The predicted molar refractivity (Wildman–Crippen MR) is 77.8 cm³/mol. The summed E-state index contributed by atoms with van der Waals surface area (Å²) in [6, 6.07) is 0.609. The summed E-state index contributed by atoms with van der Waals surface area (Å²) >= 11 is 3.84. The first kappa shape index (κ1) is 14.0. The van der Waals surface area contributed by atoms with E-state index in [4.69, 9.17) is 0 Å². The summed E-state index contributed by atoms with van der Waals surface area (Å²) in [6.45, 7) is 0.986. The Morgan fingerprint density at radius 3 is 2.75 bits per heavy atom. The standard InChI is InChI=1S/C11H23N3S2/c1-12-11(13-6-7-15-2)14-9-4-5-10(8-9)16-3/h9-10H,4-8H2,1-3H3,(H2,12,13,14). The largest absolute Gasteiger partial charge is 0.356 e. The zero-order valence-corrected chi connectivity index (χ0v) is 12.1. The molecule has 0 aromatic rings. The highest BCUT2D eigenvalue weighted by Crippen LogP contribution is 2.27. The Morgan fingerprint density at radius 2 is 2.19 bits per heavy atom. The van der Waals surface area contributed by atoms with Crippen molar-refractivity contribution in [2.75, 3.05) is 31.9 Å². The molecule has 1 saturated carbocycles. The van der Waals surface area contributed by atoms with Gasteiger partial charge in [-0.15, -0.1) is 0 Å². The molecule has 0 aromatic heterocycles. The number of hydrogen-bond acceptors (Lipinski definition) is 3. The van der Waals surface area contributed by atoms with Crippen LogP contribution in [0.15, 0.2) is 4.99 Å². The van der Waals surface area contributed by atoms with Crippen LogP contribution in [0.1, 0.15) is 19.3 Å². The van der Waals surface area contributed by atoms with Gasteiger partial charge >= 0.3 is 0 Å². The normalized spacial score (nSPS) is 25.8. The SMILES string of the molecule is CN=C(NCCSC)NC1CCC(SC)C1. The van der Waals surface area contributed by atoms with Crippen LogP contribution in [0, 0.1) is 0 Å². The number of nitrogens with zero attached hydrogens (tertiary/aromatic N) is 1. The zero-order valence-electron chi connectivity index (χ0n) is 10.5. The summed E-state index contributed by atoms with van der Waals surface area (Å²) < 4.78 is 0. The van der Waals surface area contributed by atoms with E-state index < -0.39 is 0 Å². The molecule has 0 saturated heterocycles. The summed E-state index contributed by atoms with van der Waals surface area (Å²) in [6.07, 6.45) is 8.20. The van der Waals surface area contributed by atoms with Crippen molar-refractivity contribution >= 4 is 29.5 Å². The summed E-state index contributed by atoms with van der Waals surface area (Å²) in [5.74, 6) is 2.08. The second kappa shape index (κ2) is 8.12. The fourth-order valence-corrected chi connectivity index (χ4v) is 3.05. The molecule has 0 radical (unpaired) electrons. The lowest BCUT2D eigenvalue weighted by Gasteiger charge is -2.17. The number of thioether (sulfide) groups is 2. The number of aliphatic imine (C=N–C) groups is 1. The first-order chi connectivity index (χ1) is 7.80. The molecule has 1 aliphatic rings. The van der Waals surface area contributed by atoms with E-state index in [9.17, 15) is 0 Å². The van der Waals surface area contributed by atoms with Gasteiger partial charge in [-0.2, -0.15) is 23.5 Å². The third-order valence-electron chi connectivity index (χ3n) is 2.88. The molecule has 2 unspecified atom stereocenters. The van der Waals surface area contributed by atoms with Crippen LogP contribution >= 0.6 is 23.5 Å². The molecular formula is C11H23N3S2. The van der Waals surface area contributed by atoms with E-state index in [1.807, 2.05) is 30.6 Å². The van der Waals surface area contributed by atoms with E-state index in [0.29, 0.717) is 6.04 Å². The fourth-order valence-electron chi connectivity index (χ4n) is 1.94. The first-order valence-electron chi connectivity index (χ1n) is 5.79. The highest BCUT2D eigenvalue weighted by atomic mass is 32.2. The molecule has 5 heteroatoms. The Bertz CT molecular complexity index is 221. The molecule has 1 rings (SSSR count). The predicted octanol–water partition coefficient (Wildman–Crippen LogP) is 1.80. The zero-order chi connectivity index (χ0) is 11.8. The van der Waals surface area contributed by atoms with Gasteiger partial charge in [0.15, 0.2) is 5.96 Å². The molecule has 2 N–H and O–H groups in total. The summed E-state index contributed by atoms with van der Waals surface area (Å²) in [4.78, 5) is 4.25. The van der Waals surface area contributed by atoms with Crippen LogP contribution in [0.25, 0.3) is 0 Å². The van der Waals surface area contributed by atoms with Gasteiger partial charge in [0.25, 0.3) is 0 Å². The highest BCUT2D eigenvalue weighted by Gasteiger charge is 2.24. The molecule has 1 fully saturated rings. The fraction of sp³-hybridized carbons (Fsp3) is 0.909. The minimum absolute atomic E-state index is 0.609. The van der Waals surface area contributed by atoms with Crippen LogP contribution in [0.5, 0.6) is 0 Å². The van der Waals surface area contributed by atoms with Crippen LogP contribution < -0.4 is 10.6 Å². The maximum absolute atomic E-state index is 4.25. The van der Waals surface area contributed by atoms with Crippen LogP contribution in [0.4, 0.5) is 0 Å². The maximum atomic E-state index is 4.25. The van der Waals surface area contributed by atoms with Gasteiger partial charge in [0.1, 0.15) is 0 Å². The first-order valence-corrected chi connectivity index (χ1v) is 8.47. The number of nitrogens with one attached hydrogen (secondary N) is 2. The van der Waals surface area contributed by atoms with E-state index in [2.05, 4.69) is 28.1 Å². The monoisotopic (exact) mass is 261 g/mol. The van der Waals surface area contributed by atoms with Crippen molar-refractivity contribution in [1.29, 1.82) is 0 Å². The summed E-state index contributed by atoms with van der Waals surface area (Å²) in [5, 5.41) is 7.68. The molecule has 0 amide bonds. The molecule has 0 heterocycles. The van der Waals surface area contributed by atoms with Crippen LogP contribution in [-0.2, 0) is 0 Å². The summed E-state index contributed by atoms with van der Waals surface area (Å²) in [7, 11) is 1.84. The third-order valence-corrected chi connectivity index (χ3v) is 4.59. The Hall–Kier alpha value is -0.0300. The lowest BCUT2D eigenvalue weighted by atomic mass is 10.2. The number of rotatable bonds is 5. The lowest BCUT2D eigenvalue weighted by molar-refractivity contribution is 0.617. The number of guanidine groups is 1. The second-order valence-electron chi connectivity index (χ2n) is 4.00. The van der Waals surface area contributed by atoms with Crippen LogP contribution in [-0.4, -0.2) is 49.1 Å². The summed E-state index contributed by atoms with van der Waals surface area (Å²) in [5.41, 5.74) is 0. The van der Waals surface area contributed by atoms with E-state index in [0.717, 1.165) is 23.5 Å². The van der Waals surface area contributed by atoms with Crippen molar-refractivity contribution in [3.8, 4) is 0 Å². The smallest absolute Gasteiger partial charge is 0.191 e. The van der Waals surface area contributed by atoms with Gasteiger partial charge in [0.2, 0.25) is 0 Å². The molecule has 0 aliphatic heterocycles. The van der Waals surface area contributed by atoms with Crippen molar-refractivity contribution in [2.45, 2.75) is 30.6 Å². The van der Waals surface area contributed by atoms with Crippen molar-refractivity contribution in [1.82, 2.24) is 10.6 Å². The van der Waals surface area contributed by atoms with E-state index in [-0.39, 0.29) is 0 Å². The molecule has 94 valence electrons. The van der Waals surface area contributed by atoms with Crippen LogP contribution in [0.2, 0.25) is 0 Å². The third kappa shape index (κ3) is 4.87. The van der Waals surface area contributed by atoms with Gasteiger partial charge in [-0.05, 0) is 31.8 Å². The van der Waals surface area contributed by atoms with Crippen molar-refractivity contribution in [3.05, 3.63) is 0 Å². The molecule has 3 nitrogen and oxygen atoms in total. The minimum Gasteiger partial charge on any atom is -0.356 e. The van der Waals surface area contributed by atoms with E-state index in [1.54, 1.807) is 0 Å². The van der Waals surface area contributed by atoms with E-state index >= 15 is 0 Å². The minimum atomic E-state index is 0.609. The van der Waals surface area contributed by atoms with Gasteiger partial charge < -0.3 is 10.6 Å². The van der Waals surface area contributed by atoms with Crippen LogP contribution in [0.3, 0.4) is 0 Å². The average molecular weight is 261 g/mol. The lowest BCUT2D eigenvalue weighted by Crippen LogP contribution is -2.43. The Morgan fingerprint density at radius 1 is 1.38 bits per heavy atom. The molecule has 0 spiro atoms. The molecule has 0 aromatic carbocycles. The van der Waals surface area contributed by atoms with Gasteiger partial charge in [0, 0.05) is 30.6 Å². The second-order valence-corrected chi connectivity index (χ2v) is 6.13. The van der Waals surface area contributed by atoms with Crippen molar-refractivity contribution < 1.29 is 0 Å². The topological polar surface area (TPSA) is 36.4 Å². The Labute approximate surface area is 108 Å². The van der Waals surface area contributed by atoms with E-state index in [1.165, 1.54) is 19.3 Å². The van der Waals surface area contributed by atoms with Gasteiger partial charge in [-0.3, -0.25) is 4.99 Å². The molecule has 2 atom stereocenters. The molecule has 16 heavy (non-hydrogen) atoms. The molecular weight excluding hydrogens is 238 g/mol. The van der Waals surface area contributed by atoms with Crippen molar-refractivity contribution in [2.24, 2.45) is 4.99 Å². The average Bonchev–Trinajstić information content (AvgIpc) is 2.75. The molecule has 0 bridgehead atoms. The molecule has 1 aliphatic carbocycles. The quantitative estimate of drug-likeness (QED) is 0.449. The Balaban J connectivity index is 2.23. The number of hydrogen-bond donors (Lipinski definition) is 2. The van der Waals surface area contributed by atoms with Gasteiger partial charge in [0.05, 0.1) is 0 Å². The highest BCUT2D eigenvalue weighted by molar-refractivity contribution is 7.99. The maximum Gasteiger partial charge on any atom is 0.191 e. The van der Waals surface area contributed by atoms with Gasteiger partial charge in [-0.25, -0.2) is 0 Å². The van der Waals surface area contributed by atoms with Gasteiger partial charge in [-0.1, -0.05) is 0 Å². The van der Waals surface area contributed by atoms with Crippen molar-refractivity contribution in [3.63, 3.8) is 0 Å². The Kier molecular flexibility index (Phi) is 7.12.